The van der Waals surface area contributed by atoms with E-state index in [4.69, 9.17) is 22.1 Å². The molecular weight excluding hydrogens is 316 g/mol. The Kier molecular flexibility index (Phi) is 7.05. The van der Waals surface area contributed by atoms with Crippen molar-refractivity contribution in [2.45, 2.75) is 6.42 Å². The van der Waals surface area contributed by atoms with E-state index in [0.29, 0.717) is 5.11 Å². The summed E-state index contributed by atoms with van der Waals surface area (Å²) in [6, 6.07) is 6.42. The lowest BCUT2D eigenvalue weighted by Gasteiger charge is -2.26. The van der Waals surface area contributed by atoms with Crippen molar-refractivity contribution in [3.8, 4) is 0 Å². The third kappa shape index (κ3) is 6.39. The molecule has 2 rings (SSSR count). The zero-order valence-electron chi connectivity index (χ0n) is 12.9. The van der Waals surface area contributed by atoms with Crippen LogP contribution < -0.4 is 16.2 Å². The van der Waals surface area contributed by atoms with Gasteiger partial charge in [-0.1, -0.05) is 0 Å². The smallest absolute Gasteiger partial charge is 0.335 e. The quantitative estimate of drug-likeness (QED) is 0.331. The number of nitrogens with zero attached hydrogens (tertiary/aromatic N) is 1. The number of ether oxygens (including phenoxy) is 1. The molecular formula is C15H22N4O3S. The highest BCUT2D eigenvalue weighted by Crippen LogP contribution is 2.08. The molecule has 0 spiro atoms. The average Bonchev–Trinajstić information content (AvgIpc) is 2.58. The van der Waals surface area contributed by atoms with Crippen LogP contribution in [0.3, 0.4) is 0 Å². The fourth-order valence-corrected chi connectivity index (χ4v) is 2.35. The van der Waals surface area contributed by atoms with Crippen LogP contribution in [0.1, 0.15) is 16.8 Å². The molecule has 8 heteroatoms. The first-order chi connectivity index (χ1) is 11.1. The summed E-state index contributed by atoms with van der Waals surface area (Å²) in [6.07, 6.45) is 1.01. The molecule has 23 heavy (non-hydrogen) atoms. The summed E-state index contributed by atoms with van der Waals surface area (Å²) in [7, 11) is 0. The molecule has 4 N–H and O–H groups in total. The summed E-state index contributed by atoms with van der Waals surface area (Å²) in [5.74, 6) is -0.943. The molecule has 7 nitrogen and oxygen atoms in total. The summed E-state index contributed by atoms with van der Waals surface area (Å²) >= 11 is 5.18. The first-order valence-corrected chi connectivity index (χ1v) is 7.99. The molecule has 0 atom stereocenters. The first kappa shape index (κ1) is 17.5. The molecule has 0 unspecified atom stereocenters. The average molecular weight is 338 g/mol. The number of carbonyl (C=O) groups is 1. The molecule has 0 aliphatic carbocycles. The van der Waals surface area contributed by atoms with Crippen LogP contribution in [0, 0.1) is 0 Å². The lowest BCUT2D eigenvalue weighted by molar-refractivity contribution is 0.0376. The van der Waals surface area contributed by atoms with Crippen LogP contribution in [0.15, 0.2) is 24.3 Å². The normalized spacial score (nSPS) is 15.0. The highest BCUT2D eigenvalue weighted by Gasteiger charge is 2.09. The molecule has 1 fully saturated rings. The number of morpholine rings is 1. The Bertz CT molecular complexity index is 518. The van der Waals surface area contributed by atoms with Crippen molar-refractivity contribution in [1.82, 2.24) is 15.6 Å². The minimum atomic E-state index is -0.943. The van der Waals surface area contributed by atoms with Gasteiger partial charge >= 0.3 is 5.97 Å². The minimum absolute atomic E-state index is 0.249. The third-order valence-corrected chi connectivity index (χ3v) is 3.74. The molecule has 1 heterocycles. The number of thiocarbonyl (C=S) groups is 1. The van der Waals surface area contributed by atoms with E-state index in [9.17, 15) is 4.79 Å². The zero-order valence-corrected chi connectivity index (χ0v) is 13.7. The number of hydrogen-bond acceptors (Lipinski definition) is 5. The van der Waals surface area contributed by atoms with Crippen LogP contribution in [0.25, 0.3) is 0 Å². The lowest BCUT2D eigenvalue weighted by atomic mass is 10.2. The number of hydrogen-bond donors (Lipinski definition) is 4. The van der Waals surface area contributed by atoms with Gasteiger partial charge in [0.2, 0.25) is 0 Å². The highest BCUT2D eigenvalue weighted by atomic mass is 32.1. The first-order valence-electron chi connectivity index (χ1n) is 7.58. The van der Waals surface area contributed by atoms with Gasteiger partial charge in [0, 0.05) is 19.6 Å². The van der Waals surface area contributed by atoms with Crippen LogP contribution in [0.2, 0.25) is 0 Å². The fraction of sp³-hybridized carbons (Fsp3) is 0.467. The van der Waals surface area contributed by atoms with Crippen LogP contribution in [-0.2, 0) is 4.74 Å². The van der Waals surface area contributed by atoms with Crippen LogP contribution >= 0.6 is 12.2 Å². The van der Waals surface area contributed by atoms with Gasteiger partial charge in [-0.05, 0) is 49.4 Å². The summed E-state index contributed by atoms with van der Waals surface area (Å²) < 4.78 is 5.31. The second kappa shape index (κ2) is 9.29. The van der Waals surface area contributed by atoms with Crippen molar-refractivity contribution in [2.75, 3.05) is 44.8 Å². The molecule has 1 saturated heterocycles. The van der Waals surface area contributed by atoms with E-state index in [2.05, 4.69) is 21.1 Å². The van der Waals surface area contributed by atoms with E-state index in [0.717, 1.165) is 51.5 Å². The molecule has 1 aliphatic heterocycles. The van der Waals surface area contributed by atoms with E-state index in [1.54, 1.807) is 12.1 Å². The van der Waals surface area contributed by atoms with Gasteiger partial charge in [0.1, 0.15) is 0 Å². The van der Waals surface area contributed by atoms with Crippen molar-refractivity contribution in [2.24, 2.45) is 0 Å². The Morgan fingerprint density at radius 1 is 1.26 bits per heavy atom. The van der Waals surface area contributed by atoms with Gasteiger partial charge in [0.25, 0.3) is 0 Å². The number of carboxylic acids is 1. The van der Waals surface area contributed by atoms with E-state index in [-0.39, 0.29) is 5.56 Å². The van der Waals surface area contributed by atoms with Gasteiger partial charge in [-0.2, -0.15) is 0 Å². The van der Waals surface area contributed by atoms with Crippen molar-refractivity contribution in [1.29, 1.82) is 0 Å². The standard InChI is InChI=1S/C15H22N4O3S/c20-14(21)12-2-4-13(5-3-12)17-18-15(23)16-6-1-7-19-8-10-22-11-9-19/h2-5,17H,1,6-11H2,(H,20,21)(H2,16,18,23). The third-order valence-electron chi connectivity index (χ3n) is 3.49. The Balaban J connectivity index is 1.58. The van der Waals surface area contributed by atoms with Gasteiger partial charge in [-0.25, -0.2) is 4.79 Å². The molecule has 0 bridgehead atoms. The van der Waals surface area contributed by atoms with Crippen LogP contribution in [0.4, 0.5) is 5.69 Å². The van der Waals surface area contributed by atoms with Crippen LogP contribution in [-0.4, -0.2) is 60.5 Å². The Morgan fingerprint density at radius 2 is 1.96 bits per heavy atom. The Labute approximate surface area is 141 Å². The van der Waals surface area contributed by atoms with Crippen molar-refractivity contribution in [3.63, 3.8) is 0 Å². The molecule has 1 aliphatic rings. The van der Waals surface area contributed by atoms with E-state index in [1.165, 1.54) is 12.1 Å². The van der Waals surface area contributed by atoms with Gasteiger partial charge in [0.15, 0.2) is 5.11 Å². The summed E-state index contributed by atoms with van der Waals surface area (Å²) in [6.45, 7) is 5.45. The molecule has 0 aromatic heterocycles. The summed E-state index contributed by atoms with van der Waals surface area (Å²) in [5, 5.41) is 12.5. The molecule has 126 valence electrons. The predicted molar refractivity (Wildman–Crippen MR) is 92.6 cm³/mol. The van der Waals surface area contributed by atoms with E-state index >= 15 is 0 Å². The van der Waals surface area contributed by atoms with Gasteiger partial charge in [0.05, 0.1) is 24.5 Å². The number of anilines is 1. The maximum Gasteiger partial charge on any atom is 0.335 e. The Hall–Kier alpha value is -1.90. The zero-order chi connectivity index (χ0) is 16.5. The molecule has 1 aromatic carbocycles. The summed E-state index contributed by atoms with van der Waals surface area (Å²) in [5.41, 5.74) is 6.80. The van der Waals surface area contributed by atoms with E-state index in [1.807, 2.05) is 0 Å². The summed E-state index contributed by atoms with van der Waals surface area (Å²) in [4.78, 5) is 13.1. The van der Waals surface area contributed by atoms with Gasteiger partial charge in [-0.15, -0.1) is 0 Å². The number of carboxylic acid groups (broad SMARTS) is 1. The maximum absolute atomic E-state index is 10.8. The number of nitrogens with one attached hydrogen (secondary N) is 3. The topological polar surface area (TPSA) is 85.9 Å². The van der Waals surface area contributed by atoms with Crippen molar-refractivity contribution in [3.05, 3.63) is 29.8 Å². The minimum Gasteiger partial charge on any atom is -0.478 e. The maximum atomic E-state index is 10.8. The Morgan fingerprint density at radius 3 is 2.61 bits per heavy atom. The lowest BCUT2D eigenvalue weighted by Crippen LogP contribution is -2.41. The fourth-order valence-electron chi connectivity index (χ4n) is 2.20. The molecule has 1 aromatic rings. The number of hydrazine groups is 1. The number of aromatic carboxylic acids is 1. The highest BCUT2D eigenvalue weighted by molar-refractivity contribution is 7.80. The number of rotatable bonds is 7. The second-order valence-electron chi connectivity index (χ2n) is 5.20. The second-order valence-corrected chi connectivity index (χ2v) is 5.60. The van der Waals surface area contributed by atoms with Crippen LogP contribution in [0.5, 0.6) is 0 Å². The predicted octanol–water partition coefficient (Wildman–Crippen LogP) is 0.898. The monoisotopic (exact) mass is 338 g/mol. The van der Waals surface area contributed by atoms with Gasteiger partial charge in [-0.3, -0.25) is 15.8 Å². The van der Waals surface area contributed by atoms with Gasteiger partial charge < -0.3 is 15.2 Å². The SMILES string of the molecule is O=C(O)c1ccc(NNC(=S)NCCCN2CCOCC2)cc1. The van der Waals surface area contributed by atoms with Crippen molar-refractivity contribution < 1.29 is 14.6 Å². The molecule has 0 radical (unpaired) electrons. The number of benzene rings is 1. The van der Waals surface area contributed by atoms with Crippen molar-refractivity contribution >= 4 is 29.0 Å². The molecule has 0 saturated carbocycles. The molecule has 0 amide bonds. The largest absolute Gasteiger partial charge is 0.478 e. The van der Waals surface area contributed by atoms with E-state index < -0.39 is 5.97 Å².